The Labute approximate surface area is 445 Å². The molecule has 0 saturated heterocycles. The maximum Gasteiger partial charge on any atom is 0.161 e. The van der Waals surface area contributed by atoms with Gasteiger partial charge in [-0.15, -0.1) is 0 Å². The van der Waals surface area contributed by atoms with Crippen LogP contribution in [-0.4, -0.2) is 14.5 Å². The number of para-hydroxylation sites is 2. The SMILES string of the molecule is N#Cc1ccc(N(c2ccc(C#N)cc2)c2ccc3c(c2)c2cc(N(c4ccccc4)c4ccccc4)ccc2n3-c2ccc(-c3ccc(-c4cc(-c5ccccc5C#N)nc(-c5ccccc5C#N)n4)cc3)cc2)cc1. The first-order chi connectivity index (χ1) is 38.0. The number of hydrogen-bond donors (Lipinski definition) is 0. The van der Waals surface area contributed by atoms with Gasteiger partial charge in [0.05, 0.1) is 69.0 Å². The van der Waals surface area contributed by atoms with E-state index in [9.17, 15) is 21.0 Å². The van der Waals surface area contributed by atoms with Gasteiger partial charge in [-0.2, -0.15) is 21.0 Å². The quantitative estimate of drug-likeness (QED) is 0.125. The van der Waals surface area contributed by atoms with Crippen molar-refractivity contribution >= 4 is 55.9 Å². The van der Waals surface area contributed by atoms with Gasteiger partial charge in [0, 0.05) is 67.3 Å². The smallest absolute Gasteiger partial charge is 0.161 e. The van der Waals surface area contributed by atoms with E-state index in [0.717, 1.165) is 78.3 Å². The molecule has 77 heavy (non-hydrogen) atoms. The molecule has 9 heteroatoms. The third kappa shape index (κ3) is 8.92. The van der Waals surface area contributed by atoms with Crippen molar-refractivity contribution in [3.63, 3.8) is 0 Å². The van der Waals surface area contributed by atoms with Crippen LogP contribution < -0.4 is 9.80 Å². The van der Waals surface area contributed by atoms with Crippen LogP contribution in [0.3, 0.4) is 0 Å². The predicted octanol–water partition coefficient (Wildman–Crippen LogP) is 16.7. The Kier molecular flexibility index (Phi) is 12.3. The zero-order valence-electron chi connectivity index (χ0n) is 41.2. The molecule has 0 amide bonds. The number of benzene rings is 10. The van der Waals surface area contributed by atoms with Crippen LogP contribution in [-0.2, 0) is 0 Å². The fourth-order valence-corrected chi connectivity index (χ4v) is 10.0. The summed E-state index contributed by atoms with van der Waals surface area (Å²) in [6.45, 7) is 0. The van der Waals surface area contributed by atoms with E-state index in [0.29, 0.717) is 50.6 Å². The van der Waals surface area contributed by atoms with Crippen molar-refractivity contribution in [1.29, 1.82) is 21.0 Å². The first-order valence-electron chi connectivity index (χ1n) is 24.9. The number of nitrogens with zero attached hydrogens (tertiary/aromatic N) is 9. The lowest BCUT2D eigenvalue weighted by molar-refractivity contribution is 1.18. The molecule has 10 aromatic carbocycles. The third-order valence-electron chi connectivity index (χ3n) is 13.8. The number of rotatable bonds is 11. The number of nitriles is 4. The summed E-state index contributed by atoms with van der Waals surface area (Å²) in [5.74, 6) is 0.402. The largest absolute Gasteiger partial charge is 0.310 e. The van der Waals surface area contributed by atoms with Crippen molar-refractivity contribution in [2.75, 3.05) is 9.80 Å². The summed E-state index contributed by atoms with van der Waals surface area (Å²) in [5, 5.41) is 41.5. The molecule has 0 saturated carbocycles. The molecule has 0 spiro atoms. The summed E-state index contributed by atoms with van der Waals surface area (Å²) < 4.78 is 2.31. The molecule has 0 unspecified atom stereocenters. The number of hydrogen-bond acceptors (Lipinski definition) is 8. The van der Waals surface area contributed by atoms with Crippen LogP contribution >= 0.6 is 0 Å². The molecule has 0 aliphatic heterocycles. The topological polar surface area (TPSA) is 132 Å². The fraction of sp³-hybridized carbons (Fsp3) is 0. The van der Waals surface area contributed by atoms with E-state index >= 15 is 0 Å². The van der Waals surface area contributed by atoms with Crippen LogP contribution in [0.5, 0.6) is 0 Å². The highest BCUT2D eigenvalue weighted by Gasteiger charge is 2.21. The van der Waals surface area contributed by atoms with Crippen LogP contribution in [0.4, 0.5) is 34.1 Å². The number of anilines is 6. The zero-order valence-corrected chi connectivity index (χ0v) is 41.2. The van der Waals surface area contributed by atoms with E-state index in [4.69, 9.17) is 9.97 Å². The van der Waals surface area contributed by atoms with Gasteiger partial charge >= 0.3 is 0 Å². The number of aromatic nitrogens is 3. The van der Waals surface area contributed by atoms with Gasteiger partial charge < -0.3 is 14.4 Å². The Hall–Kier alpha value is -11.4. The lowest BCUT2D eigenvalue weighted by Gasteiger charge is -2.26. The van der Waals surface area contributed by atoms with E-state index in [1.807, 2.05) is 115 Å². The van der Waals surface area contributed by atoms with Gasteiger partial charge in [-0.05, 0) is 157 Å². The lowest BCUT2D eigenvalue weighted by atomic mass is 10.00. The Bertz CT molecular complexity index is 4180. The maximum atomic E-state index is 10.0. The van der Waals surface area contributed by atoms with E-state index in [-0.39, 0.29) is 0 Å². The second-order valence-corrected chi connectivity index (χ2v) is 18.3. The Balaban J connectivity index is 0.964. The first kappa shape index (κ1) is 46.7. The highest BCUT2D eigenvalue weighted by molar-refractivity contribution is 6.12. The van der Waals surface area contributed by atoms with Crippen molar-refractivity contribution in [2.24, 2.45) is 0 Å². The molecule has 9 nitrogen and oxygen atoms in total. The minimum atomic E-state index is 0.402. The minimum absolute atomic E-state index is 0.402. The highest BCUT2D eigenvalue weighted by Crippen LogP contribution is 2.43. The van der Waals surface area contributed by atoms with Crippen LogP contribution in [0, 0.1) is 45.3 Å². The highest BCUT2D eigenvalue weighted by atomic mass is 15.1. The molecule has 12 rings (SSSR count). The number of fused-ring (bicyclic) bond motifs is 3. The monoisotopic (exact) mass is 983 g/mol. The van der Waals surface area contributed by atoms with Crippen molar-refractivity contribution in [3.05, 3.63) is 271 Å². The molecule has 2 heterocycles. The summed E-state index contributed by atoms with van der Waals surface area (Å²) in [5.41, 5.74) is 16.3. The van der Waals surface area contributed by atoms with Gasteiger partial charge in [0.15, 0.2) is 5.82 Å². The second-order valence-electron chi connectivity index (χ2n) is 18.3. The summed E-state index contributed by atoms with van der Waals surface area (Å²) in [4.78, 5) is 14.3. The van der Waals surface area contributed by atoms with Crippen LogP contribution in [0.15, 0.2) is 249 Å². The normalized spacial score (nSPS) is 10.8. The van der Waals surface area contributed by atoms with Crippen LogP contribution in [0.1, 0.15) is 22.3 Å². The van der Waals surface area contributed by atoms with Crippen LogP contribution in [0.2, 0.25) is 0 Å². The van der Waals surface area contributed by atoms with Crippen molar-refractivity contribution in [2.45, 2.75) is 0 Å². The third-order valence-corrected chi connectivity index (χ3v) is 13.8. The molecule has 358 valence electrons. The van der Waals surface area contributed by atoms with Crippen molar-refractivity contribution < 1.29 is 0 Å². The van der Waals surface area contributed by atoms with E-state index in [1.165, 1.54) is 0 Å². The molecule has 0 atom stereocenters. The van der Waals surface area contributed by atoms with E-state index in [2.05, 4.69) is 160 Å². The molecule has 2 aromatic heterocycles. The standard InChI is InChI=1S/C68H41N9/c69-42-46-19-29-55(30-20-46)76(56-31-21-47(43-70)22-32-56)59-36-38-67-63(40-59)62-39-58(75(53-13-3-1-4-14-53)54-15-5-2-6-16-54)35-37-66(62)77(67)57-33-27-49(28-34-57)48-23-25-50(26-24-48)64-41-65(60-17-9-7-11-51(60)44-71)74-68(73-64)61-18-10-8-12-52(61)45-72/h1-41H. The van der Waals surface area contributed by atoms with E-state index < -0.39 is 0 Å². The lowest BCUT2D eigenvalue weighted by Crippen LogP contribution is -2.10. The maximum absolute atomic E-state index is 10.0. The van der Waals surface area contributed by atoms with Crippen molar-refractivity contribution in [1.82, 2.24) is 14.5 Å². The molecule has 0 N–H and O–H groups in total. The van der Waals surface area contributed by atoms with Gasteiger partial charge in [0.1, 0.15) is 0 Å². The molecular weight excluding hydrogens is 943 g/mol. The summed E-state index contributed by atoms with van der Waals surface area (Å²) >= 11 is 0. The van der Waals surface area contributed by atoms with E-state index in [1.54, 1.807) is 12.1 Å². The van der Waals surface area contributed by atoms with Gasteiger partial charge in [-0.25, -0.2) is 9.97 Å². The summed E-state index contributed by atoms with van der Waals surface area (Å²) in [6.07, 6.45) is 0. The Morgan fingerprint density at radius 1 is 0.325 bits per heavy atom. The van der Waals surface area contributed by atoms with Gasteiger partial charge in [-0.1, -0.05) is 103 Å². The second kappa shape index (κ2) is 20.3. The van der Waals surface area contributed by atoms with Crippen molar-refractivity contribution in [3.8, 4) is 75.0 Å². The molecule has 0 aliphatic carbocycles. The summed E-state index contributed by atoms with van der Waals surface area (Å²) in [6, 6.07) is 91.5. The molecular formula is C68H41N9. The molecule has 12 aromatic rings. The van der Waals surface area contributed by atoms with Gasteiger partial charge in [0.25, 0.3) is 0 Å². The molecule has 0 bridgehead atoms. The Morgan fingerprint density at radius 3 is 1.22 bits per heavy atom. The molecule has 0 fully saturated rings. The van der Waals surface area contributed by atoms with Crippen LogP contribution in [0.25, 0.3) is 72.5 Å². The minimum Gasteiger partial charge on any atom is -0.310 e. The molecule has 0 aliphatic rings. The van der Waals surface area contributed by atoms with Gasteiger partial charge in [-0.3, -0.25) is 0 Å². The Morgan fingerprint density at radius 2 is 0.727 bits per heavy atom. The first-order valence-corrected chi connectivity index (χ1v) is 24.9. The molecule has 0 radical (unpaired) electrons. The summed E-state index contributed by atoms with van der Waals surface area (Å²) in [7, 11) is 0. The predicted molar refractivity (Wildman–Crippen MR) is 306 cm³/mol. The average molecular weight is 984 g/mol. The fourth-order valence-electron chi connectivity index (χ4n) is 10.0. The average Bonchev–Trinajstić information content (AvgIpc) is 3.99. The zero-order chi connectivity index (χ0) is 52.2. The van der Waals surface area contributed by atoms with Gasteiger partial charge in [0.2, 0.25) is 0 Å².